The lowest BCUT2D eigenvalue weighted by Gasteiger charge is -2.32. The van der Waals surface area contributed by atoms with Gasteiger partial charge in [-0.15, -0.1) is 0 Å². The molecular formula is C18H29N. The standard InChI is InChI=1S/C18H29N/c1-12(2)18(13(3)4)11-15-6-7-17-14(5)19-9-8-16(17)10-15/h8-9,12-13,15,18H,6-7,10-11H2,1-5H3. The second-order valence-corrected chi connectivity index (χ2v) is 7.03. The first-order valence-corrected chi connectivity index (χ1v) is 7.92. The highest BCUT2D eigenvalue weighted by atomic mass is 14.7. The summed E-state index contributed by atoms with van der Waals surface area (Å²) in [5.41, 5.74) is 4.35. The van der Waals surface area contributed by atoms with E-state index in [4.69, 9.17) is 0 Å². The Bertz CT molecular complexity index is 412. The molecular weight excluding hydrogens is 230 g/mol. The first-order valence-electron chi connectivity index (χ1n) is 7.92. The summed E-state index contributed by atoms with van der Waals surface area (Å²) in [6.07, 6.45) is 7.25. The molecule has 0 amide bonds. The molecule has 0 radical (unpaired) electrons. The molecule has 1 aliphatic rings. The van der Waals surface area contributed by atoms with Crippen molar-refractivity contribution in [3.8, 4) is 0 Å². The molecule has 1 atom stereocenters. The zero-order chi connectivity index (χ0) is 14.0. The fourth-order valence-electron chi connectivity index (χ4n) is 3.84. The molecule has 0 spiro atoms. The quantitative estimate of drug-likeness (QED) is 0.756. The fourth-order valence-corrected chi connectivity index (χ4v) is 3.84. The van der Waals surface area contributed by atoms with Gasteiger partial charge in [-0.05, 0) is 73.5 Å². The molecule has 0 saturated carbocycles. The Labute approximate surface area is 118 Å². The summed E-state index contributed by atoms with van der Waals surface area (Å²) in [5, 5.41) is 0. The molecule has 1 aliphatic carbocycles. The normalized spacial score (nSPS) is 19.3. The van der Waals surface area contributed by atoms with Crippen LogP contribution in [0.2, 0.25) is 0 Å². The molecule has 1 heterocycles. The topological polar surface area (TPSA) is 12.9 Å². The highest BCUT2D eigenvalue weighted by molar-refractivity contribution is 5.31. The lowest BCUT2D eigenvalue weighted by atomic mass is 9.73. The average molecular weight is 259 g/mol. The van der Waals surface area contributed by atoms with Crippen molar-refractivity contribution in [1.29, 1.82) is 0 Å². The zero-order valence-corrected chi connectivity index (χ0v) is 13.2. The number of pyridine rings is 1. The van der Waals surface area contributed by atoms with Crippen LogP contribution < -0.4 is 0 Å². The summed E-state index contributed by atoms with van der Waals surface area (Å²) in [5.74, 6) is 3.36. The predicted molar refractivity (Wildman–Crippen MR) is 82.3 cm³/mol. The SMILES string of the molecule is Cc1nccc2c1CCC(CC(C(C)C)C(C)C)C2. The van der Waals surface area contributed by atoms with Crippen LogP contribution >= 0.6 is 0 Å². The molecule has 0 aliphatic heterocycles. The first-order chi connectivity index (χ1) is 8.99. The molecule has 1 unspecified atom stereocenters. The van der Waals surface area contributed by atoms with Gasteiger partial charge in [0.1, 0.15) is 0 Å². The van der Waals surface area contributed by atoms with Gasteiger partial charge in [0.05, 0.1) is 0 Å². The Morgan fingerprint density at radius 3 is 2.53 bits per heavy atom. The summed E-state index contributed by atoms with van der Waals surface area (Å²) in [7, 11) is 0. The van der Waals surface area contributed by atoms with Crippen molar-refractivity contribution in [3.63, 3.8) is 0 Å². The maximum Gasteiger partial charge on any atom is 0.0407 e. The molecule has 0 bridgehead atoms. The second-order valence-electron chi connectivity index (χ2n) is 7.03. The Kier molecular flexibility index (Phi) is 4.65. The summed E-state index contributed by atoms with van der Waals surface area (Å²) >= 11 is 0. The van der Waals surface area contributed by atoms with Crippen LogP contribution in [0.5, 0.6) is 0 Å². The number of rotatable bonds is 4. The van der Waals surface area contributed by atoms with Crippen molar-refractivity contribution in [2.45, 2.75) is 60.3 Å². The summed E-state index contributed by atoms with van der Waals surface area (Å²) in [6, 6.07) is 2.24. The van der Waals surface area contributed by atoms with E-state index in [9.17, 15) is 0 Å². The predicted octanol–water partition coefficient (Wildman–Crippen LogP) is 4.81. The van der Waals surface area contributed by atoms with Gasteiger partial charge in [0.2, 0.25) is 0 Å². The van der Waals surface area contributed by atoms with Crippen LogP contribution in [-0.4, -0.2) is 4.98 Å². The molecule has 0 saturated heterocycles. The molecule has 106 valence electrons. The van der Waals surface area contributed by atoms with Crippen molar-refractivity contribution < 1.29 is 0 Å². The highest BCUT2D eigenvalue weighted by Gasteiger charge is 2.26. The third-order valence-electron chi connectivity index (χ3n) is 5.00. The van der Waals surface area contributed by atoms with Crippen molar-refractivity contribution in [1.82, 2.24) is 4.98 Å². The van der Waals surface area contributed by atoms with Gasteiger partial charge < -0.3 is 0 Å². The number of nitrogens with zero attached hydrogens (tertiary/aromatic N) is 1. The third-order valence-corrected chi connectivity index (χ3v) is 5.00. The maximum atomic E-state index is 4.43. The van der Waals surface area contributed by atoms with E-state index < -0.39 is 0 Å². The van der Waals surface area contributed by atoms with Gasteiger partial charge >= 0.3 is 0 Å². The van der Waals surface area contributed by atoms with Gasteiger partial charge in [-0.2, -0.15) is 0 Å². The van der Waals surface area contributed by atoms with E-state index in [1.807, 2.05) is 6.20 Å². The zero-order valence-electron chi connectivity index (χ0n) is 13.2. The lowest BCUT2D eigenvalue weighted by Crippen LogP contribution is -2.24. The summed E-state index contributed by atoms with van der Waals surface area (Å²) in [6.45, 7) is 11.7. The van der Waals surface area contributed by atoms with Crippen LogP contribution in [0.25, 0.3) is 0 Å². The average Bonchev–Trinajstić information content (AvgIpc) is 2.35. The Hall–Kier alpha value is -0.850. The minimum Gasteiger partial charge on any atom is -0.261 e. The molecule has 1 aromatic heterocycles. The Morgan fingerprint density at radius 1 is 1.21 bits per heavy atom. The van der Waals surface area contributed by atoms with E-state index in [1.165, 1.54) is 36.9 Å². The van der Waals surface area contributed by atoms with Gasteiger partial charge in [-0.3, -0.25) is 4.98 Å². The van der Waals surface area contributed by atoms with Gasteiger partial charge in [0, 0.05) is 11.9 Å². The van der Waals surface area contributed by atoms with E-state index >= 15 is 0 Å². The smallest absolute Gasteiger partial charge is 0.0407 e. The number of aryl methyl sites for hydroxylation is 1. The minimum absolute atomic E-state index is 0.806. The van der Waals surface area contributed by atoms with Crippen LogP contribution in [0.4, 0.5) is 0 Å². The van der Waals surface area contributed by atoms with E-state index in [0.29, 0.717) is 0 Å². The lowest BCUT2D eigenvalue weighted by molar-refractivity contribution is 0.217. The summed E-state index contributed by atoms with van der Waals surface area (Å²) in [4.78, 5) is 4.43. The van der Waals surface area contributed by atoms with Crippen LogP contribution in [0.15, 0.2) is 12.3 Å². The maximum absolute atomic E-state index is 4.43. The molecule has 0 fully saturated rings. The fraction of sp³-hybridized carbons (Fsp3) is 0.722. The molecule has 1 nitrogen and oxygen atoms in total. The van der Waals surface area contributed by atoms with Crippen molar-refractivity contribution in [3.05, 3.63) is 29.1 Å². The molecule has 1 aromatic rings. The number of fused-ring (bicyclic) bond motifs is 1. The Morgan fingerprint density at radius 2 is 1.89 bits per heavy atom. The molecule has 1 heteroatoms. The van der Waals surface area contributed by atoms with Gasteiger partial charge in [-0.25, -0.2) is 0 Å². The number of aromatic nitrogens is 1. The van der Waals surface area contributed by atoms with Gasteiger partial charge in [0.15, 0.2) is 0 Å². The van der Waals surface area contributed by atoms with Gasteiger partial charge in [0.25, 0.3) is 0 Å². The largest absolute Gasteiger partial charge is 0.261 e. The molecule has 0 N–H and O–H groups in total. The molecule has 0 aromatic carbocycles. The summed E-state index contributed by atoms with van der Waals surface area (Å²) < 4.78 is 0. The molecule has 19 heavy (non-hydrogen) atoms. The minimum atomic E-state index is 0.806. The van der Waals surface area contributed by atoms with Gasteiger partial charge in [-0.1, -0.05) is 27.7 Å². The van der Waals surface area contributed by atoms with Crippen LogP contribution in [0.3, 0.4) is 0 Å². The van der Waals surface area contributed by atoms with E-state index in [2.05, 4.69) is 45.7 Å². The Balaban J connectivity index is 2.06. The second kappa shape index (κ2) is 6.07. The molecule has 2 rings (SSSR count). The third kappa shape index (κ3) is 3.38. The van der Waals surface area contributed by atoms with Crippen LogP contribution in [-0.2, 0) is 12.8 Å². The monoisotopic (exact) mass is 259 g/mol. The van der Waals surface area contributed by atoms with E-state index in [-0.39, 0.29) is 0 Å². The first kappa shape index (κ1) is 14.6. The van der Waals surface area contributed by atoms with Crippen molar-refractivity contribution in [2.24, 2.45) is 23.7 Å². The van der Waals surface area contributed by atoms with E-state index in [1.54, 1.807) is 5.56 Å². The van der Waals surface area contributed by atoms with E-state index in [0.717, 1.165) is 23.7 Å². The van der Waals surface area contributed by atoms with Crippen LogP contribution in [0, 0.1) is 30.6 Å². The van der Waals surface area contributed by atoms with Crippen LogP contribution in [0.1, 0.15) is 57.4 Å². The van der Waals surface area contributed by atoms with Crippen molar-refractivity contribution in [2.75, 3.05) is 0 Å². The highest BCUT2D eigenvalue weighted by Crippen LogP contribution is 2.35. The van der Waals surface area contributed by atoms with Crippen molar-refractivity contribution >= 4 is 0 Å². The number of hydrogen-bond donors (Lipinski definition) is 0. The number of hydrogen-bond acceptors (Lipinski definition) is 1.